The lowest BCUT2D eigenvalue weighted by molar-refractivity contribution is -0.138. The number of ether oxygens (including phenoxy) is 1. The van der Waals surface area contributed by atoms with Gasteiger partial charge in [-0.25, -0.2) is 0 Å². The Balaban J connectivity index is 2.07. The van der Waals surface area contributed by atoms with Crippen molar-refractivity contribution in [3.63, 3.8) is 0 Å². The molecule has 0 saturated carbocycles. The normalized spacial score (nSPS) is 14.4. The van der Waals surface area contributed by atoms with E-state index >= 15 is 0 Å². The lowest BCUT2D eigenvalue weighted by Gasteiger charge is -2.10. The molecule has 1 atom stereocenters. The second kappa shape index (κ2) is 6.08. The molecule has 0 fully saturated rings. The van der Waals surface area contributed by atoms with Gasteiger partial charge in [0.25, 0.3) is 0 Å². The molecule has 0 amide bonds. The van der Waals surface area contributed by atoms with Crippen molar-refractivity contribution in [3.8, 4) is 5.75 Å². The van der Waals surface area contributed by atoms with E-state index in [0.717, 1.165) is 15.4 Å². The fraction of sp³-hybridized carbons (Fsp3) is 0.222. The van der Waals surface area contributed by atoms with Gasteiger partial charge < -0.3 is 9.84 Å². The van der Waals surface area contributed by atoms with E-state index in [9.17, 15) is 9.59 Å². The highest BCUT2D eigenvalue weighted by atomic mass is 32.2. The van der Waals surface area contributed by atoms with Crippen molar-refractivity contribution in [2.45, 2.75) is 29.1 Å². The van der Waals surface area contributed by atoms with Gasteiger partial charge in [0, 0.05) is 27.3 Å². The number of methoxy groups -OCH3 is 1. The number of carbonyl (C=O) groups excluding carboxylic acids is 1. The summed E-state index contributed by atoms with van der Waals surface area (Å²) in [5.41, 5.74) is 2.11. The van der Waals surface area contributed by atoms with E-state index in [1.807, 2.05) is 24.3 Å². The molecule has 2 aromatic carbocycles. The maximum absolute atomic E-state index is 12.7. The minimum atomic E-state index is -0.899. The van der Waals surface area contributed by atoms with Crippen molar-refractivity contribution < 1.29 is 19.4 Å². The largest absolute Gasteiger partial charge is 0.496 e. The Labute approximate surface area is 138 Å². The van der Waals surface area contributed by atoms with Crippen LogP contribution < -0.4 is 4.74 Å². The Morgan fingerprint density at radius 1 is 1.26 bits per heavy atom. The van der Waals surface area contributed by atoms with E-state index in [2.05, 4.69) is 0 Å². The Morgan fingerprint density at radius 2 is 2.04 bits per heavy atom. The summed E-state index contributed by atoms with van der Waals surface area (Å²) in [6, 6.07) is 11.0. The zero-order valence-electron chi connectivity index (χ0n) is 12.8. The summed E-state index contributed by atoms with van der Waals surface area (Å²) in [5, 5.41) is 9.16. The highest BCUT2D eigenvalue weighted by Gasteiger charge is 2.24. The topological polar surface area (TPSA) is 63.6 Å². The van der Waals surface area contributed by atoms with E-state index in [4.69, 9.17) is 9.84 Å². The minimum Gasteiger partial charge on any atom is -0.496 e. The number of hydrogen-bond donors (Lipinski definition) is 1. The van der Waals surface area contributed by atoms with E-state index in [1.54, 1.807) is 26.2 Å². The van der Waals surface area contributed by atoms with Gasteiger partial charge >= 0.3 is 5.97 Å². The summed E-state index contributed by atoms with van der Waals surface area (Å²) < 4.78 is 5.37. The second-order valence-electron chi connectivity index (χ2n) is 5.45. The van der Waals surface area contributed by atoms with Gasteiger partial charge in [0.1, 0.15) is 5.75 Å². The molecule has 3 rings (SSSR count). The molecule has 1 unspecified atom stereocenters. The summed E-state index contributed by atoms with van der Waals surface area (Å²) >= 11 is 1.52. The van der Waals surface area contributed by atoms with E-state index in [-0.39, 0.29) is 12.2 Å². The number of hydrogen-bond acceptors (Lipinski definition) is 4. The highest BCUT2D eigenvalue weighted by Crippen LogP contribution is 2.41. The summed E-state index contributed by atoms with van der Waals surface area (Å²) in [5.74, 6) is -0.854. The minimum absolute atomic E-state index is 0.0183. The highest BCUT2D eigenvalue weighted by molar-refractivity contribution is 7.99. The number of ketones is 1. The van der Waals surface area contributed by atoms with Gasteiger partial charge in [0.05, 0.1) is 13.0 Å². The molecule has 1 aliphatic heterocycles. The molecule has 1 N–H and O–H groups in total. The molecular formula is C18H16O4S. The van der Waals surface area contributed by atoms with Crippen molar-refractivity contribution >= 4 is 23.5 Å². The lowest BCUT2D eigenvalue weighted by atomic mass is 9.96. The number of fused-ring (bicyclic) bond motifs is 2. The van der Waals surface area contributed by atoms with E-state index in [1.165, 1.54) is 11.8 Å². The van der Waals surface area contributed by atoms with Crippen LogP contribution in [0.1, 0.15) is 34.3 Å². The zero-order chi connectivity index (χ0) is 16.6. The van der Waals surface area contributed by atoms with Crippen LogP contribution in [-0.4, -0.2) is 24.0 Å². The molecule has 0 saturated heterocycles. The quantitative estimate of drug-likeness (QED) is 0.929. The number of carbonyl (C=O) groups is 2. The molecule has 5 heteroatoms. The SMILES string of the molecule is COc1cccc2c1CC(=O)c1cc(C(C)C(=O)O)ccc1S2. The number of benzene rings is 2. The molecule has 1 heterocycles. The first-order valence-corrected chi connectivity index (χ1v) is 8.06. The molecule has 0 bridgehead atoms. The Bertz CT molecular complexity index is 798. The summed E-state index contributed by atoms with van der Waals surface area (Å²) in [7, 11) is 1.59. The van der Waals surface area contributed by atoms with Crippen LogP contribution in [0, 0.1) is 0 Å². The van der Waals surface area contributed by atoms with Crippen molar-refractivity contribution in [1.82, 2.24) is 0 Å². The third-order valence-electron chi connectivity index (χ3n) is 4.04. The second-order valence-corrected chi connectivity index (χ2v) is 6.54. The van der Waals surface area contributed by atoms with Gasteiger partial charge in [-0.1, -0.05) is 23.9 Å². The van der Waals surface area contributed by atoms with Crippen LogP contribution in [0.15, 0.2) is 46.2 Å². The number of rotatable bonds is 3. The van der Waals surface area contributed by atoms with Crippen LogP contribution in [0.25, 0.3) is 0 Å². The average molecular weight is 328 g/mol. The molecule has 0 aliphatic carbocycles. The maximum atomic E-state index is 12.7. The van der Waals surface area contributed by atoms with Crippen LogP contribution >= 0.6 is 11.8 Å². The number of carboxylic acid groups (broad SMARTS) is 1. The predicted octanol–water partition coefficient (Wildman–Crippen LogP) is 3.77. The van der Waals surface area contributed by atoms with Crippen LogP contribution in [0.2, 0.25) is 0 Å². The summed E-state index contributed by atoms with van der Waals surface area (Å²) in [4.78, 5) is 25.7. The van der Waals surface area contributed by atoms with Gasteiger partial charge in [0.15, 0.2) is 5.78 Å². The number of aliphatic carboxylic acids is 1. The molecule has 1 aliphatic rings. The fourth-order valence-corrected chi connectivity index (χ4v) is 3.75. The molecule has 0 spiro atoms. The molecule has 0 radical (unpaired) electrons. The summed E-state index contributed by atoms with van der Waals surface area (Å²) in [6.45, 7) is 1.62. The third kappa shape index (κ3) is 2.84. The Hall–Kier alpha value is -2.27. The van der Waals surface area contributed by atoms with E-state index < -0.39 is 11.9 Å². The molecular weight excluding hydrogens is 312 g/mol. The Kier molecular flexibility index (Phi) is 4.13. The van der Waals surface area contributed by atoms with Crippen LogP contribution in [0.3, 0.4) is 0 Å². The monoisotopic (exact) mass is 328 g/mol. The summed E-state index contributed by atoms with van der Waals surface area (Å²) in [6.07, 6.45) is 0.254. The Morgan fingerprint density at radius 3 is 2.74 bits per heavy atom. The van der Waals surface area contributed by atoms with Crippen molar-refractivity contribution in [2.24, 2.45) is 0 Å². The van der Waals surface area contributed by atoms with E-state index in [0.29, 0.717) is 16.9 Å². The van der Waals surface area contributed by atoms with Crippen molar-refractivity contribution in [3.05, 3.63) is 53.1 Å². The van der Waals surface area contributed by atoms with Crippen LogP contribution in [0.4, 0.5) is 0 Å². The molecule has 0 aromatic heterocycles. The average Bonchev–Trinajstić information content (AvgIpc) is 2.69. The number of Topliss-reactive ketones (excluding diaryl/α,β-unsaturated/α-hetero) is 1. The first kappa shape index (κ1) is 15.6. The van der Waals surface area contributed by atoms with Gasteiger partial charge in [0.2, 0.25) is 0 Å². The molecule has 118 valence electrons. The standard InChI is InChI=1S/C18H16O4S/c1-10(18(20)21)11-6-7-17-12(8-11)14(19)9-13-15(22-2)4-3-5-16(13)23-17/h3-8,10H,9H2,1-2H3,(H,20,21). The predicted molar refractivity (Wildman–Crippen MR) is 87.6 cm³/mol. The first-order chi connectivity index (χ1) is 11.0. The smallest absolute Gasteiger partial charge is 0.310 e. The van der Waals surface area contributed by atoms with Gasteiger partial charge in [-0.15, -0.1) is 0 Å². The van der Waals surface area contributed by atoms with Crippen LogP contribution in [-0.2, 0) is 11.2 Å². The van der Waals surface area contributed by atoms with Gasteiger partial charge in [-0.05, 0) is 36.8 Å². The van der Waals surface area contributed by atoms with Crippen molar-refractivity contribution in [2.75, 3.05) is 7.11 Å². The zero-order valence-corrected chi connectivity index (χ0v) is 13.6. The van der Waals surface area contributed by atoms with Crippen molar-refractivity contribution in [1.29, 1.82) is 0 Å². The van der Waals surface area contributed by atoms with Crippen LogP contribution in [0.5, 0.6) is 5.75 Å². The fourth-order valence-electron chi connectivity index (χ4n) is 2.65. The maximum Gasteiger partial charge on any atom is 0.310 e. The third-order valence-corrected chi connectivity index (χ3v) is 5.22. The van der Waals surface area contributed by atoms with Gasteiger partial charge in [-0.2, -0.15) is 0 Å². The molecule has 4 nitrogen and oxygen atoms in total. The number of carboxylic acids is 1. The van der Waals surface area contributed by atoms with Gasteiger partial charge in [-0.3, -0.25) is 9.59 Å². The first-order valence-electron chi connectivity index (χ1n) is 7.25. The molecule has 23 heavy (non-hydrogen) atoms. The lowest BCUT2D eigenvalue weighted by Crippen LogP contribution is -2.10. The molecule has 2 aromatic rings.